The Kier molecular flexibility index (Phi) is 3.70. The van der Waals surface area contributed by atoms with Gasteiger partial charge in [0.05, 0.1) is 12.2 Å². The Labute approximate surface area is 79.6 Å². The van der Waals surface area contributed by atoms with Crippen LogP contribution in [0.5, 0.6) is 0 Å². The Morgan fingerprint density at radius 2 is 2.15 bits per heavy atom. The van der Waals surface area contributed by atoms with Gasteiger partial charge < -0.3 is 10.2 Å². The fourth-order valence-electron chi connectivity index (χ4n) is 1.76. The van der Waals surface area contributed by atoms with Gasteiger partial charge in [-0.1, -0.05) is 25.7 Å². The predicted molar refractivity (Wildman–Crippen MR) is 53.3 cm³/mol. The third-order valence-corrected chi connectivity index (χ3v) is 2.63. The molecule has 0 amide bonds. The van der Waals surface area contributed by atoms with Crippen LogP contribution >= 0.6 is 0 Å². The Bertz CT molecular complexity index is 208. The minimum Gasteiger partial charge on any atom is -0.392 e. The third kappa shape index (κ3) is 2.42. The minimum absolute atomic E-state index is 0.0535. The molecule has 1 rings (SSSR count). The number of aliphatic hydroxyl groups excluding tert-OH is 2. The zero-order valence-corrected chi connectivity index (χ0v) is 8.11. The van der Waals surface area contributed by atoms with Crippen molar-refractivity contribution in [2.45, 2.75) is 38.4 Å². The maximum atomic E-state index is 9.57. The van der Waals surface area contributed by atoms with Crippen LogP contribution in [0.3, 0.4) is 0 Å². The van der Waals surface area contributed by atoms with Crippen molar-refractivity contribution in [2.75, 3.05) is 0 Å². The fourth-order valence-corrected chi connectivity index (χ4v) is 1.76. The molecule has 2 nitrogen and oxygen atoms in total. The van der Waals surface area contributed by atoms with Gasteiger partial charge in [-0.15, -0.1) is 0 Å². The summed E-state index contributed by atoms with van der Waals surface area (Å²) in [5.41, 5.74) is 0.785. The van der Waals surface area contributed by atoms with Crippen molar-refractivity contribution >= 4 is 0 Å². The van der Waals surface area contributed by atoms with Crippen LogP contribution in [-0.2, 0) is 0 Å². The molecule has 0 aromatic heterocycles. The lowest BCUT2D eigenvalue weighted by Gasteiger charge is -2.12. The maximum absolute atomic E-state index is 9.57. The average molecular weight is 182 g/mol. The van der Waals surface area contributed by atoms with Crippen LogP contribution in [0.25, 0.3) is 0 Å². The van der Waals surface area contributed by atoms with Gasteiger partial charge in [-0.25, -0.2) is 0 Å². The van der Waals surface area contributed by atoms with E-state index in [2.05, 4.69) is 25.7 Å². The lowest BCUT2D eigenvalue weighted by molar-refractivity contribution is 0.120. The van der Waals surface area contributed by atoms with Gasteiger partial charge in [-0.2, -0.15) is 0 Å². The summed E-state index contributed by atoms with van der Waals surface area (Å²) in [6.07, 6.45) is 5.47. The van der Waals surface area contributed by atoms with Crippen molar-refractivity contribution in [1.29, 1.82) is 0 Å². The lowest BCUT2D eigenvalue weighted by atomic mass is 9.97. The summed E-state index contributed by atoms with van der Waals surface area (Å²) >= 11 is 0. The molecule has 0 aliphatic heterocycles. The smallest absolute Gasteiger partial charge is 0.0776 e. The maximum Gasteiger partial charge on any atom is 0.0776 e. The SMILES string of the molecule is C=C1[C@H](O)C[C@H](O)[C@@H]1C/C=C\CC. The second-order valence-electron chi connectivity index (χ2n) is 3.62. The van der Waals surface area contributed by atoms with E-state index in [4.69, 9.17) is 0 Å². The highest BCUT2D eigenvalue weighted by Gasteiger charge is 2.34. The molecule has 3 atom stereocenters. The van der Waals surface area contributed by atoms with Crippen LogP contribution < -0.4 is 0 Å². The van der Waals surface area contributed by atoms with Crippen molar-refractivity contribution in [1.82, 2.24) is 0 Å². The molecule has 0 spiro atoms. The Hall–Kier alpha value is -0.600. The van der Waals surface area contributed by atoms with Gasteiger partial charge in [-0.05, 0) is 18.4 Å². The zero-order chi connectivity index (χ0) is 9.84. The average Bonchev–Trinajstić information content (AvgIpc) is 2.32. The van der Waals surface area contributed by atoms with E-state index in [9.17, 15) is 10.2 Å². The lowest BCUT2D eigenvalue weighted by Crippen LogP contribution is -2.12. The predicted octanol–water partition coefficient (Wildman–Crippen LogP) is 1.64. The van der Waals surface area contributed by atoms with Gasteiger partial charge in [0.15, 0.2) is 0 Å². The number of aliphatic hydroxyl groups is 2. The molecule has 0 radical (unpaired) electrons. The summed E-state index contributed by atoms with van der Waals surface area (Å²) in [4.78, 5) is 0. The molecule has 0 unspecified atom stereocenters. The highest BCUT2D eigenvalue weighted by atomic mass is 16.3. The molecule has 1 aliphatic rings. The molecule has 0 aromatic rings. The van der Waals surface area contributed by atoms with Crippen LogP contribution in [0.15, 0.2) is 24.3 Å². The molecule has 0 heterocycles. The van der Waals surface area contributed by atoms with E-state index in [-0.39, 0.29) is 5.92 Å². The number of hydrogen-bond donors (Lipinski definition) is 2. The fraction of sp³-hybridized carbons (Fsp3) is 0.636. The van der Waals surface area contributed by atoms with E-state index in [0.29, 0.717) is 6.42 Å². The Morgan fingerprint density at radius 3 is 2.62 bits per heavy atom. The van der Waals surface area contributed by atoms with E-state index >= 15 is 0 Å². The molecule has 1 aliphatic carbocycles. The Morgan fingerprint density at radius 1 is 1.46 bits per heavy atom. The molecule has 13 heavy (non-hydrogen) atoms. The van der Waals surface area contributed by atoms with E-state index in [1.165, 1.54) is 0 Å². The van der Waals surface area contributed by atoms with Crippen LogP contribution in [0.4, 0.5) is 0 Å². The topological polar surface area (TPSA) is 40.5 Å². The van der Waals surface area contributed by atoms with Gasteiger partial charge in [-0.3, -0.25) is 0 Å². The molecule has 0 aromatic carbocycles. The highest BCUT2D eigenvalue weighted by Crippen LogP contribution is 2.33. The van der Waals surface area contributed by atoms with Gasteiger partial charge >= 0.3 is 0 Å². The van der Waals surface area contributed by atoms with Gasteiger partial charge in [0.25, 0.3) is 0 Å². The number of allylic oxidation sites excluding steroid dienone is 2. The van der Waals surface area contributed by atoms with E-state index in [0.717, 1.165) is 18.4 Å². The van der Waals surface area contributed by atoms with Crippen LogP contribution in [0.1, 0.15) is 26.2 Å². The normalized spacial score (nSPS) is 34.7. The van der Waals surface area contributed by atoms with Gasteiger partial charge in [0, 0.05) is 12.3 Å². The highest BCUT2D eigenvalue weighted by molar-refractivity contribution is 5.17. The molecular weight excluding hydrogens is 164 g/mol. The summed E-state index contributed by atoms with van der Waals surface area (Å²) in [7, 11) is 0. The summed E-state index contributed by atoms with van der Waals surface area (Å²) in [6, 6.07) is 0. The first kappa shape index (κ1) is 10.5. The van der Waals surface area contributed by atoms with Gasteiger partial charge in [0.2, 0.25) is 0 Å². The van der Waals surface area contributed by atoms with Crippen molar-refractivity contribution in [3.63, 3.8) is 0 Å². The van der Waals surface area contributed by atoms with Crippen LogP contribution in [0.2, 0.25) is 0 Å². The van der Waals surface area contributed by atoms with Crippen molar-refractivity contribution in [3.05, 3.63) is 24.3 Å². The molecule has 2 N–H and O–H groups in total. The second kappa shape index (κ2) is 4.58. The monoisotopic (exact) mass is 182 g/mol. The first-order chi connectivity index (χ1) is 6.16. The third-order valence-electron chi connectivity index (χ3n) is 2.63. The zero-order valence-electron chi connectivity index (χ0n) is 8.11. The molecule has 0 saturated heterocycles. The summed E-state index contributed by atoms with van der Waals surface area (Å²) in [5, 5.41) is 19.0. The summed E-state index contributed by atoms with van der Waals surface area (Å²) in [6.45, 7) is 5.88. The quantitative estimate of drug-likeness (QED) is 0.651. The molecule has 2 heteroatoms. The number of hydrogen-bond acceptors (Lipinski definition) is 2. The van der Waals surface area contributed by atoms with E-state index in [1.54, 1.807) is 0 Å². The van der Waals surface area contributed by atoms with Crippen molar-refractivity contribution in [2.24, 2.45) is 5.92 Å². The summed E-state index contributed by atoms with van der Waals surface area (Å²) < 4.78 is 0. The first-order valence-corrected chi connectivity index (χ1v) is 4.86. The van der Waals surface area contributed by atoms with E-state index in [1.807, 2.05) is 0 Å². The number of rotatable bonds is 3. The molecule has 74 valence electrons. The molecule has 0 bridgehead atoms. The standard InChI is InChI=1S/C11H18O2/c1-3-4-5-6-9-8(2)10(12)7-11(9)13/h4-5,9-13H,2-3,6-7H2,1H3/b5-4-/t9-,10-,11+/m1/s1. The van der Waals surface area contributed by atoms with Crippen molar-refractivity contribution in [3.8, 4) is 0 Å². The van der Waals surface area contributed by atoms with Crippen molar-refractivity contribution < 1.29 is 10.2 Å². The van der Waals surface area contributed by atoms with Gasteiger partial charge in [0.1, 0.15) is 0 Å². The molecular formula is C11H18O2. The van der Waals surface area contributed by atoms with Crippen LogP contribution in [-0.4, -0.2) is 22.4 Å². The first-order valence-electron chi connectivity index (χ1n) is 4.86. The van der Waals surface area contributed by atoms with E-state index < -0.39 is 12.2 Å². The van der Waals surface area contributed by atoms with Crippen LogP contribution in [0, 0.1) is 5.92 Å². The second-order valence-corrected chi connectivity index (χ2v) is 3.62. The largest absolute Gasteiger partial charge is 0.392 e. The Balaban J connectivity index is 2.49. The minimum atomic E-state index is -0.505. The summed E-state index contributed by atoms with van der Waals surface area (Å²) in [5.74, 6) is 0.0535. The molecule has 1 saturated carbocycles. The molecule has 1 fully saturated rings.